The van der Waals surface area contributed by atoms with Gasteiger partial charge in [-0.25, -0.2) is 0 Å². The summed E-state index contributed by atoms with van der Waals surface area (Å²) >= 11 is 0. The molecule has 0 saturated heterocycles. The SMILES string of the molecule is CN(Cc1ccoc1)C(=O)C1(c2ccc(N)cc2)CC1. The molecular formula is C16H18N2O2. The van der Waals surface area contributed by atoms with Crippen LogP contribution in [-0.4, -0.2) is 17.9 Å². The zero-order chi connectivity index (χ0) is 14.2. The minimum absolute atomic E-state index is 0.170. The Morgan fingerprint density at radius 1 is 1.30 bits per heavy atom. The molecule has 1 fully saturated rings. The van der Waals surface area contributed by atoms with E-state index in [0.717, 1.165) is 29.7 Å². The number of amides is 1. The highest BCUT2D eigenvalue weighted by atomic mass is 16.3. The number of benzene rings is 1. The molecule has 0 radical (unpaired) electrons. The normalized spacial score (nSPS) is 15.8. The number of hydrogen-bond donors (Lipinski definition) is 1. The zero-order valence-electron chi connectivity index (χ0n) is 11.5. The maximum Gasteiger partial charge on any atom is 0.233 e. The third kappa shape index (κ3) is 2.18. The highest BCUT2D eigenvalue weighted by Gasteiger charge is 2.52. The first-order valence-corrected chi connectivity index (χ1v) is 6.74. The quantitative estimate of drug-likeness (QED) is 0.869. The summed E-state index contributed by atoms with van der Waals surface area (Å²) in [5.74, 6) is 0.170. The van der Waals surface area contributed by atoms with E-state index in [1.165, 1.54) is 0 Å². The molecular weight excluding hydrogens is 252 g/mol. The summed E-state index contributed by atoms with van der Waals surface area (Å²) < 4.78 is 5.04. The molecule has 0 aliphatic heterocycles. The molecule has 4 heteroatoms. The minimum Gasteiger partial charge on any atom is -0.472 e. The van der Waals surface area contributed by atoms with E-state index < -0.39 is 0 Å². The molecule has 4 nitrogen and oxygen atoms in total. The second kappa shape index (κ2) is 4.71. The summed E-state index contributed by atoms with van der Waals surface area (Å²) in [7, 11) is 1.84. The first kappa shape index (κ1) is 12.8. The average molecular weight is 270 g/mol. The molecule has 2 aromatic rings. The standard InChI is InChI=1S/C16H18N2O2/c1-18(10-12-6-9-20-11-12)15(19)16(7-8-16)13-2-4-14(17)5-3-13/h2-6,9,11H,7-8,10,17H2,1H3. The van der Waals surface area contributed by atoms with Crippen molar-refractivity contribution in [1.82, 2.24) is 4.90 Å². The predicted molar refractivity (Wildman–Crippen MR) is 76.9 cm³/mol. The van der Waals surface area contributed by atoms with E-state index in [1.807, 2.05) is 37.4 Å². The van der Waals surface area contributed by atoms with Crippen molar-refractivity contribution in [2.75, 3.05) is 12.8 Å². The van der Waals surface area contributed by atoms with Gasteiger partial charge in [-0.05, 0) is 36.6 Å². The summed E-state index contributed by atoms with van der Waals surface area (Å²) in [6, 6.07) is 9.53. The van der Waals surface area contributed by atoms with Gasteiger partial charge in [0, 0.05) is 24.8 Å². The van der Waals surface area contributed by atoms with Gasteiger partial charge in [0.05, 0.1) is 17.9 Å². The van der Waals surface area contributed by atoms with E-state index in [2.05, 4.69) is 0 Å². The molecule has 1 aliphatic rings. The van der Waals surface area contributed by atoms with E-state index in [9.17, 15) is 4.79 Å². The van der Waals surface area contributed by atoms with Crippen molar-refractivity contribution in [3.63, 3.8) is 0 Å². The lowest BCUT2D eigenvalue weighted by atomic mass is 9.94. The number of likely N-dealkylation sites (N-methyl/N-ethyl adjacent to an activating group) is 1. The summed E-state index contributed by atoms with van der Waals surface area (Å²) in [6.07, 6.45) is 5.12. The van der Waals surface area contributed by atoms with Crippen LogP contribution in [0.15, 0.2) is 47.3 Å². The molecule has 20 heavy (non-hydrogen) atoms. The molecule has 1 aliphatic carbocycles. The fourth-order valence-electron chi connectivity index (χ4n) is 2.65. The van der Waals surface area contributed by atoms with E-state index in [1.54, 1.807) is 17.4 Å². The summed E-state index contributed by atoms with van der Waals surface area (Å²) in [4.78, 5) is 14.5. The van der Waals surface area contributed by atoms with Gasteiger partial charge in [0.2, 0.25) is 5.91 Å². The van der Waals surface area contributed by atoms with Crippen molar-refractivity contribution in [3.8, 4) is 0 Å². The van der Waals surface area contributed by atoms with Gasteiger partial charge in [-0.3, -0.25) is 4.79 Å². The van der Waals surface area contributed by atoms with Gasteiger partial charge >= 0.3 is 0 Å². The number of nitrogens with zero attached hydrogens (tertiary/aromatic N) is 1. The van der Waals surface area contributed by atoms with Crippen LogP contribution in [-0.2, 0) is 16.8 Å². The molecule has 0 atom stereocenters. The minimum atomic E-state index is -0.341. The number of nitrogen functional groups attached to an aromatic ring is 1. The van der Waals surface area contributed by atoms with Crippen LogP contribution in [0.4, 0.5) is 5.69 Å². The number of rotatable bonds is 4. The second-order valence-corrected chi connectivity index (χ2v) is 5.50. The van der Waals surface area contributed by atoms with Crippen molar-refractivity contribution in [1.29, 1.82) is 0 Å². The number of furan rings is 1. The molecule has 0 spiro atoms. The zero-order valence-corrected chi connectivity index (χ0v) is 11.5. The smallest absolute Gasteiger partial charge is 0.233 e. The maximum absolute atomic E-state index is 12.7. The number of anilines is 1. The van der Waals surface area contributed by atoms with Gasteiger partial charge in [-0.2, -0.15) is 0 Å². The molecule has 0 unspecified atom stereocenters. The second-order valence-electron chi connectivity index (χ2n) is 5.50. The molecule has 2 N–H and O–H groups in total. The van der Waals surface area contributed by atoms with Gasteiger partial charge in [-0.1, -0.05) is 12.1 Å². The van der Waals surface area contributed by atoms with E-state index in [0.29, 0.717) is 6.54 Å². The molecule has 1 aromatic heterocycles. The topological polar surface area (TPSA) is 59.5 Å². The van der Waals surface area contributed by atoms with Crippen molar-refractivity contribution >= 4 is 11.6 Å². The Kier molecular flexibility index (Phi) is 3.01. The molecule has 1 saturated carbocycles. The highest BCUT2D eigenvalue weighted by Crippen LogP contribution is 2.49. The van der Waals surface area contributed by atoms with Crippen LogP contribution in [0.5, 0.6) is 0 Å². The van der Waals surface area contributed by atoms with Crippen LogP contribution in [0.1, 0.15) is 24.0 Å². The lowest BCUT2D eigenvalue weighted by Gasteiger charge is -2.23. The Bertz CT molecular complexity index is 598. The van der Waals surface area contributed by atoms with Crippen LogP contribution in [0.2, 0.25) is 0 Å². The van der Waals surface area contributed by atoms with Crippen LogP contribution >= 0.6 is 0 Å². The van der Waals surface area contributed by atoms with Crippen molar-refractivity contribution in [2.24, 2.45) is 0 Å². The molecule has 1 heterocycles. The van der Waals surface area contributed by atoms with E-state index >= 15 is 0 Å². The fourth-order valence-corrected chi connectivity index (χ4v) is 2.65. The Morgan fingerprint density at radius 2 is 2.00 bits per heavy atom. The fraction of sp³-hybridized carbons (Fsp3) is 0.312. The molecule has 1 aromatic carbocycles. The Morgan fingerprint density at radius 3 is 2.55 bits per heavy atom. The highest BCUT2D eigenvalue weighted by molar-refractivity contribution is 5.91. The summed E-state index contributed by atoms with van der Waals surface area (Å²) in [5, 5.41) is 0. The van der Waals surface area contributed by atoms with Gasteiger partial charge in [0.1, 0.15) is 0 Å². The first-order chi connectivity index (χ1) is 9.62. The third-order valence-electron chi connectivity index (χ3n) is 3.97. The Hall–Kier alpha value is -2.23. The summed E-state index contributed by atoms with van der Waals surface area (Å²) in [6.45, 7) is 0.575. The lowest BCUT2D eigenvalue weighted by molar-refractivity contribution is -0.133. The summed E-state index contributed by atoms with van der Waals surface area (Å²) in [5.41, 5.74) is 8.17. The van der Waals surface area contributed by atoms with Crippen LogP contribution in [0, 0.1) is 0 Å². The molecule has 104 valence electrons. The van der Waals surface area contributed by atoms with Crippen molar-refractivity contribution in [3.05, 3.63) is 54.0 Å². The van der Waals surface area contributed by atoms with Crippen LogP contribution in [0.3, 0.4) is 0 Å². The van der Waals surface area contributed by atoms with Gasteiger partial charge in [0.25, 0.3) is 0 Å². The van der Waals surface area contributed by atoms with Gasteiger partial charge in [-0.15, -0.1) is 0 Å². The van der Waals surface area contributed by atoms with Crippen LogP contribution in [0.25, 0.3) is 0 Å². The van der Waals surface area contributed by atoms with Crippen LogP contribution < -0.4 is 5.73 Å². The number of hydrogen-bond acceptors (Lipinski definition) is 3. The average Bonchev–Trinajstić information content (AvgIpc) is 3.10. The van der Waals surface area contributed by atoms with Gasteiger partial charge in [0.15, 0.2) is 0 Å². The Labute approximate surface area is 118 Å². The molecule has 0 bridgehead atoms. The third-order valence-corrected chi connectivity index (χ3v) is 3.97. The number of carbonyl (C=O) groups excluding carboxylic acids is 1. The predicted octanol–water partition coefficient (Wildman–Crippen LogP) is 2.55. The Balaban J connectivity index is 1.77. The number of carbonyl (C=O) groups is 1. The van der Waals surface area contributed by atoms with E-state index in [-0.39, 0.29) is 11.3 Å². The number of nitrogens with two attached hydrogens (primary N) is 1. The lowest BCUT2D eigenvalue weighted by Crippen LogP contribution is -2.36. The van der Waals surface area contributed by atoms with Crippen molar-refractivity contribution < 1.29 is 9.21 Å². The molecule has 1 amide bonds. The van der Waals surface area contributed by atoms with Gasteiger partial charge < -0.3 is 15.1 Å². The molecule has 3 rings (SSSR count). The first-order valence-electron chi connectivity index (χ1n) is 6.74. The maximum atomic E-state index is 12.7. The largest absolute Gasteiger partial charge is 0.472 e. The monoisotopic (exact) mass is 270 g/mol. The van der Waals surface area contributed by atoms with Crippen molar-refractivity contribution in [2.45, 2.75) is 24.8 Å². The van der Waals surface area contributed by atoms with E-state index in [4.69, 9.17) is 10.2 Å².